The minimum Gasteiger partial charge on any atom is -0.460 e. The van der Waals surface area contributed by atoms with Crippen LogP contribution in [0.4, 0.5) is 9.59 Å². The number of likely N-dealkylation sites (tertiary alicyclic amines) is 1. The molecule has 1 fully saturated rings. The van der Waals surface area contributed by atoms with Crippen molar-refractivity contribution in [2.24, 2.45) is 5.73 Å². The number of H-pyrrole nitrogens is 1. The molecule has 1 aliphatic carbocycles. The zero-order valence-electron chi connectivity index (χ0n) is 41.9. The lowest BCUT2D eigenvalue weighted by Crippen LogP contribution is -2.58. The molecule has 19 nitrogen and oxygen atoms in total. The first-order chi connectivity index (χ1) is 34.2. The summed E-state index contributed by atoms with van der Waals surface area (Å²) in [6.45, 7) is 10.3. The Morgan fingerprint density at radius 2 is 1.35 bits per heavy atom. The summed E-state index contributed by atoms with van der Waals surface area (Å²) >= 11 is 0. The largest absolute Gasteiger partial charge is 0.460 e. The molecule has 72 heavy (non-hydrogen) atoms. The number of alkyl carbamates (subject to hydrolysis) is 2. The van der Waals surface area contributed by atoms with Gasteiger partial charge in [-0.1, -0.05) is 66.7 Å². The minimum absolute atomic E-state index is 0.0526. The first kappa shape index (κ1) is 53.9. The average molecular weight is 993 g/mol. The molecule has 19 heteroatoms. The van der Waals surface area contributed by atoms with E-state index in [0.29, 0.717) is 31.2 Å². The van der Waals surface area contributed by atoms with Gasteiger partial charge in [0.2, 0.25) is 29.5 Å². The van der Waals surface area contributed by atoms with Crippen LogP contribution in [0.3, 0.4) is 0 Å². The van der Waals surface area contributed by atoms with Crippen molar-refractivity contribution in [1.29, 1.82) is 0 Å². The number of hydrogen-bond donors (Lipinski definition) is 7. The van der Waals surface area contributed by atoms with Gasteiger partial charge in [-0.2, -0.15) is 0 Å². The van der Waals surface area contributed by atoms with E-state index in [4.69, 9.17) is 19.9 Å². The van der Waals surface area contributed by atoms with Crippen molar-refractivity contribution in [3.05, 3.63) is 95.7 Å². The maximum atomic E-state index is 14.8. The van der Waals surface area contributed by atoms with Crippen molar-refractivity contribution in [2.75, 3.05) is 26.2 Å². The van der Waals surface area contributed by atoms with Crippen molar-refractivity contribution in [1.82, 2.24) is 36.5 Å². The number of rotatable bonds is 21. The van der Waals surface area contributed by atoms with Gasteiger partial charge in [-0.3, -0.25) is 28.8 Å². The van der Waals surface area contributed by atoms with Crippen LogP contribution in [0, 0.1) is 0 Å². The molecule has 1 saturated heterocycles. The number of amides is 7. The van der Waals surface area contributed by atoms with Crippen LogP contribution in [0.15, 0.2) is 79.0 Å². The number of carbonyl (C=O) groups excluding carboxylic acids is 8. The Balaban J connectivity index is 1.24. The molecule has 0 spiro atoms. The van der Waals surface area contributed by atoms with Gasteiger partial charge in [-0.05, 0) is 114 Å². The van der Waals surface area contributed by atoms with Crippen LogP contribution in [0.2, 0.25) is 0 Å². The maximum absolute atomic E-state index is 14.8. The standard InChI is InChI=1S/C53H68N8O11/c1-52(2,3)71-45(63)25-24-40(60-51(69)70-31-38-36-19-9-7-17-34(36)35-18-8-10-20-37(35)38)46(64)59-42(28-32-29-56-39-21-12-11-16-33(32)39)47(65)58-41(22-13-14-26-55-50(68)72-53(4,5)6)49(67)61-27-15-23-43(61)48(66)57-30-44(54)62/h7-12,16-21,29,38,40-43,56H,13-15,22-28,30-31H2,1-6H3,(H2,54,62)(H,55,68)(H,57,66)(H,58,65)(H,59,64)(H,60,69)/t40-,41-,42-,43+/m0/s1. The third-order valence-electron chi connectivity index (χ3n) is 12.2. The number of primary amides is 1. The predicted molar refractivity (Wildman–Crippen MR) is 268 cm³/mol. The van der Waals surface area contributed by atoms with Gasteiger partial charge in [-0.25, -0.2) is 9.59 Å². The van der Waals surface area contributed by atoms with Gasteiger partial charge in [-0.15, -0.1) is 0 Å². The maximum Gasteiger partial charge on any atom is 0.407 e. The van der Waals surface area contributed by atoms with Crippen LogP contribution >= 0.6 is 0 Å². The Bertz CT molecular complexity index is 2570. The second-order valence-electron chi connectivity index (χ2n) is 20.1. The van der Waals surface area contributed by atoms with Crippen LogP contribution in [-0.2, 0) is 49.4 Å². The van der Waals surface area contributed by atoms with E-state index in [2.05, 4.69) is 31.6 Å². The lowest BCUT2D eigenvalue weighted by Gasteiger charge is -2.30. The summed E-state index contributed by atoms with van der Waals surface area (Å²) in [5, 5.41) is 14.3. The van der Waals surface area contributed by atoms with Gasteiger partial charge in [0.1, 0.15) is 42.0 Å². The molecule has 1 aromatic heterocycles. The molecule has 0 unspecified atom stereocenters. The third-order valence-corrected chi connectivity index (χ3v) is 12.2. The minimum atomic E-state index is -1.40. The van der Waals surface area contributed by atoms with Gasteiger partial charge >= 0.3 is 18.2 Å². The zero-order valence-corrected chi connectivity index (χ0v) is 41.9. The fourth-order valence-corrected chi connectivity index (χ4v) is 9.01. The lowest BCUT2D eigenvalue weighted by atomic mass is 9.98. The number of aromatic amines is 1. The van der Waals surface area contributed by atoms with E-state index in [0.717, 1.165) is 33.2 Å². The molecular weight excluding hydrogens is 925 g/mol. The summed E-state index contributed by atoms with van der Waals surface area (Å²) in [6.07, 6.45) is 1.17. The first-order valence-electron chi connectivity index (χ1n) is 24.5. The number of aromatic nitrogens is 1. The van der Waals surface area contributed by atoms with Crippen LogP contribution in [0.25, 0.3) is 22.0 Å². The van der Waals surface area contributed by atoms with Crippen LogP contribution in [-0.4, -0.2) is 119 Å². The summed E-state index contributed by atoms with van der Waals surface area (Å²) in [5.74, 6) is -4.35. The summed E-state index contributed by atoms with van der Waals surface area (Å²) in [5.41, 5.74) is 9.18. The van der Waals surface area contributed by atoms with Crippen LogP contribution < -0.4 is 32.3 Å². The predicted octanol–water partition coefficient (Wildman–Crippen LogP) is 5.00. The molecular formula is C53H68N8O11. The highest BCUT2D eigenvalue weighted by Crippen LogP contribution is 2.44. The monoisotopic (exact) mass is 993 g/mol. The molecule has 2 heterocycles. The van der Waals surface area contributed by atoms with Gasteiger partial charge in [0, 0.05) is 48.9 Å². The SMILES string of the molecule is CC(C)(C)OC(=O)CC[C@H](NC(=O)OCC1c2ccccc2-c2ccccc21)C(=O)N[C@@H](Cc1c[nH]c2ccccc12)C(=O)N[C@@H](CCCCNC(=O)OC(C)(C)C)C(=O)N1CCC[C@@H]1C(=O)NCC(N)=O. The van der Waals surface area contributed by atoms with Crippen LogP contribution in [0.5, 0.6) is 0 Å². The second-order valence-corrected chi connectivity index (χ2v) is 20.1. The Kier molecular flexibility index (Phi) is 18.1. The number of benzene rings is 3. The fourth-order valence-electron chi connectivity index (χ4n) is 9.01. The zero-order chi connectivity index (χ0) is 52.2. The van der Waals surface area contributed by atoms with Gasteiger partial charge in [0.15, 0.2) is 0 Å². The number of carbonyl (C=O) groups is 8. The Hall–Kier alpha value is -7.44. The van der Waals surface area contributed by atoms with E-state index in [-0.39, 0.29) is 51.3 Å². The smallest absolute Gasteiger partial charge is 0.407 e. The number of para-hydroxylation sites is 1. The highest BCUT2D eigenvalue weighted by molar-refractivity contribution is 5.97. The second kappa shape index (κ2) is 24.1. The fraction of sp³-hybridized carbons (Fsp3) is 0.472. The third kappa shape index (κ3) is 15.0. The molecule has 4 aromatic rings. The summed E-state index contributed by atoms with van der Waals surface area (Å²) < 4.78 is 16.7. The Morgan fingerprint density at radius 3 is 2.01 bits per heavy atom. The van der Waals surface area contributed by atoms with Crippen molar-refractivity contribution in [3.8, 4) is 11.1 Å². The number of unbranched alkanes of at least 4 members (excludes halogenated alkanes) is 1. The molecule has 8 N–H and O–H groups in total. The number of fused-ring (bicyclic) bond motifs is 4. The molecule has 3 aromatic carbocycles. The number of nitrogens with one attached hydrogen (secondary N) is 6. The van der Waals surface area contributed by atoms with Crippen molar-refractivity contribution in [2.45, 2.75) is 134 Å². The molecule has 0 radical (unpaired) electrons. The average Bonchev–Trinajstić information content (AvgIpc) is 4.06. The van der Waals surface area contributed by atoms with Gasteiger partial charge in [0.25, 0.3) is 0 Å². The molecule has 0 bridgehead atoms. The van der Waals surface area contributed by atoms with E-state index in [1.807, 2.05) is 72.8 Å². The number of nitrogens with zero attached hydrogens (tertiary/aromatic N) is 1. The Morgan fingerprint density at radius 1 is 0.722 bits per heavy atom. The summed E-state index contributed by atoms with van der Waals surface area (Å²) in [6, 6.07) is 18.2. The molecule has 2 aliphatic rings. The Labute approximate surface area is 419 Å². The molecule has 1 aliphatic heterocycles. The van der Waals surface area contributed by atoms with E-state index in [1.165, 1.54) is 4.90 Å². The van der Waals surface area contributed by atoms with Crippen molar-refractivity contribution in [3.63, 3.8) is 0 Å². The van der Waals surface area contributed by atoms with E-state index in [1.54, 1.807) is 47.7 Å². The molecule has 6 rings (SSSR count). The number of ether oxygens (including phenoxy) is 3. The van der Waals surface area contributed by atoms with Crippen molar-refractivity contribution >= 4 is 58.6 Å². The lowest BCUT2D eigenvalue weighted by molar-refractivity contribution is -0.155. The van der Waals surface area contributed by atoms with Crippen LogP contribution in [0.1, 0.15) is 109 Å². The quantitative estimate of drug-likeness (QED) is 0.0332. The van der Waals surface area contributed by atoms with Gasteiger partial charge in [0.05, 0.1) is 6.54 Å². The van der Waals surface area contributed by atoms with E-state index >= 15 is 0 Å². The van der Waals surface area contributed by atoms with E-state index in [9.17, 15) is 38.4 Å². The molecule has 7 amide bonds. The molecule has 386 valence electrons. The highest BCUT2D eigenvalue weighted by Gasteiger charge is 2.39. The number of esters is 1. The summed E-state index contributed by atoms with van der Waals surface area (Å²) in [7, 11) is 0. The highest BCUT2D eigenvalue weighted by atomic mass is 16.6. The summed E-state index contributed by atoms with van der Waals surface area (Å²) in [4.78, 5) is 112. The van der Waals surface area contributed by atoms with Gasteiger partial charge < -0.3 is 56.4 Å². The molecule has 4 atom stereocenters. The topological polar surface area (TPSA) is 269 Å². The normalized spacial score (nSPS) is 15.5. The molecule has 0 saturated carbocycles. The van der Waals surface area contributed by atoms with E-state index < -0.39 is 89.6 Å². The number of hydrogen-bond acceptors (Lipinski definition) is 11. The number of nitrogens with two attached hydrogens (primary N) is 1. The first-order valence-corrected chi connectivity index (χ1v) is 24.5. The van der Waals surface area contributed by atoms with Crippen molar-refractivity contribution < 1.29 is 52.6 Å².